The molecule has 0 radical (unpaired) electrons. The molecule has 9 heteroatoms. The average Bonchev–Trinajstić information content (AvgIpc) is 2.92. The van der Waals surface area contributed by atoms with E-state index in [0.29, 0.717) is 11.0 Å². The van der Waals surface area contributed by atoms with E-state index in [0.717, 1.165) is 19.4 Å². The molecule has 2 aromatic rings. The Morgan fingerprint density at radius 1 is 1.52 bits per heavy atom. The summed E-state index contributed by atoms with van der Waals surface area (Å²) in [7, 11) is -1.62. The van der Waals surface area contributed by atoms with Crippen molar-refractivity contribution in [3.63, 3.8) is 0 Å². The van der Waals surface area contributed by atoms with Crippen molar-refractivity contribution in [3.8, 4) is 0 Å². The van der Waals surface area contributed by atoms with Gasteiger partial charge in [-0.15, -0.1) is 11.3 Å². The maximum Gasteiger partial charge on any atom is 0.260 e. The topological polar surface area (TPSA) is 92.7 Å². The predicted octanol–water partition coefficient (Wildman–Crippen LogP) is 0.739. The second-order valence-electron chi connectivity index (χ2n) is 5.53. The van der Waals surface area contributed by atoms with E-state index in [9.17, 15) is 8.42 Å². The van der Waals surface area contributed by atoms with Crippen LogP contribution in [0, 0.1) is 0 Å². The highest BCUT2D eigenvalue weighted by Gasteiger charge is 2.30. The smallest absolute Gasteiger partial charge is 0.260 e. The van der Waals surface area contributed by atoms with Crippen molar-refractivity contribution >= 4 is 32.1 Å². The minimum Gasteiger partial charge on any atom is -0.381 e. The van der Waals surface area contributed by atoms with Gasteiger partial charge in [-0.2, -0.15) is 0 Å². The first-order valence-electron chi connectivity index (χ1n) is 6.82. The molecule has 2 aromatic heterocycles. The predicted molar refractivity (Wildman–Crippen MR) is 82.9 cm³/mol. The molecule has 1 fully saturated rings. The Balaban J connectivity index is 1.87. The summed E-state index contributed by atoms with van der Waals surface area (Å²) in [6.45, 7) is 2.98. The van der Waals surface area contributed by atoms with Crippen molar-refractivity contribution in [3.05, 3.63) is 11.6 Å². The molecule has 0 amide bonds. The Labute approximate surface area is 127 Å². The molecule has 0 aliphatic carbocycles. The number of anilines is 1. The number of rotatable bonds is 3. The van der Waals surface area contributed by atoms with Crippen molar-refractivity contribution in [1.29, 1.82) is 0 Å². The maximum atomic E-state index is 12.6. The summed E-state index contributed by atoms with van der Waals surface area (Å²) >= 11 is 1.36. The molecule has 0 aromatic carbocycles. The van der Waals surface area contributed by atoms with Crippen LogP contribution in [0.15, 0.2) is 16.6 Å². The van der Waals surface area contributed by atoms with Crippen LogP contribution in [-0.4, -0.2) is 48.4 Å². The standard InChI is InChI=1S/C12H19N5O2S2/c1-8-7-9(3-4-16(8)2)15-21(18,19)11-10(13)14-12-17(11)5-6-20-12/h5-6,8-9,15H,3-4,7,13H2,1-2H3. The van der Waals surface area contributed by atoms with Gasteiger partial charge < -0.3 is 10.6 Å². The van der Waals surface area contributed by atoms with Crippen LogP contribution < -0.4 is 10.5 Å². The number of nitrogens with zero attached hydrogens (tertiary/aromatic N) is 3. The minimum atomic E-state index is -3.67. The number of fused-ring (bicyclic) bond motifs is 1. The fourth-order valence-electron chi connectivity index (χ4n) is 2.72. The molecule has 3 heterocycles. The highest BCUT2D eigenvalue weighted by atomic mass is 32.2. The molecule has 1 aliphatic heterocycles. The largest absolute Gasteiger partial charge is 0.381 e. The molecule has 3 N–H and O–H groups in total. The summed E-state index contributed by atoms with van der Waals surface area (Å²) in [6, 6.07) is 0.292. The fraction of sp³-hybridized carbons (Fsp3) is 0.583. The molecule has 0 saturated carbocycles. The first-order chi connectivity index (χ1) is 9.88. The Morgan fingerprint density at radius 2 is 2.29 bits per heavy atom. The van der Waals surface area contributed by atoms with Gasteiger partial charge in [0.25, 0.3) is 10.0 Å². The summed E-state index contributed by atoms with van der Waals surface area (Å²) in [5, 5.41) is 1.84. The molecule has 3 rings (SSSR count). The van der Waals surface area contributed by atoms with Gasteiger partial charge in [0.1, 0.15) is 0 Å². The first-order valence-corrected chi connectivity index (χ1v) is 9.18. The summed E-state index contributed by atoms with van der Waals surface area (Å²) < 4.78 is 29.6. The van der Waals surface area contributed by atoms with Gasteiger partial charge in [-0.3, -0.25) is 4.40 Å². The summed E-state index contributed by atoms with van der Waals surface area (Å²) in [6.07, 6.45) is 3.27. The van der Waals surface area contributed by atoms with Crippen LogP contribution in [0.3, 0.4) is 0 Å². The molecule has 2 atom stereocenters. The lowest BCUT2D eigenvalue weighted by Gasteiger charge is -2.35. The lowest BCUT2D eigenvalue weighted by molar-refractivity contribution is 0.178. The first kappa shape index (κ1) is 14.8. The number of nitrogens with two attached hydrogens (primary N) is 1. The molecule has 116 valence electrons. The van der Waals surface area contributed by atoms with Crippen LogP contribution >= 0.6 is 11.3 Å². The van der Waals surface area contributed by atoms with Gasteiger partial charge in [0.05, 0.1) is 0 Å². The third kappa shape index (κ3) is 2.66. The van der Waals surface area contributed by atoms with Gasteiger partial charge >= 0.3 is 0 Å². The summed E-state index contributed by atoms with van der Waals surface area (Å²) in [4.78, 5) is 6.91. The molecular weight excluding hydrogens is 310 g/mol. The van der Waals surface area contributed by atoms with Crippen molar-refractivity contribution in [2.24, 2.45) is 0 Å². The molecule has 1 saturated heterocycles. The quantitative estimate of drug-likeness (QED) is 0.866. The highest BCUT2D eigenvalue weighted by Crippen LogP contribution is 2.25. The van der Waals surface area contributed by atoms with Crippen LogP contribution in [0.1, 0.15) is 19.8 Å². The molecule has 0 bridgehead atoms. The van der Waals surface area contributed by atoms with E-state index in [-0.39, 0.29) is 16.9 Å². The summed E-state index contributed by atoms with van der Waals surface area (Å²) in [5.74, 6) is 0.0512. The number of nitrogen functional groups attached to an aromatic ring is 1. The molecular formula is C12H19N5O2S2. The minimum absolute atomic E-state index is 0.0466. The van der Waals surface area contributed by atoms with E-state index in [2.05, 4.69) is 28.6 Å². The second-order valence-corrected chi connectivity index (χ2v) is 8.03. The van der Waals surface area contributed by atoms with E-state index in [1.165, 1.54) is 15.7 Å². The zero-order valence-corrected chi connectivity index (χ0v) is 13.6. The molecule has 2 unspecified atom stereocenters. The zero-order chi connectivity index (χ0) is 15.2. The van der Waals surface area contributed by atoms with E-state index in [1.54, 1.807) is 11.6 Å². The number of hydrogen-bond acceptors (Lipinski definition) is 6. The normalized spacial score (nSPS) is 24.7. The molecule has 21 heavy (non-hydrogen) atoms. The van der Waals surface area contributed by atoms with Crippen LogP contribution in [0.2, 0.25) is 0 Å². The van der Waals surface area contributed by atoms with Gasteiger partial charge in [0.2, 0.25) is 0 Å². The number of likely N-dealkylation sites (tertiary alicyclic amines) is 1. The Bertz CT molecular complexity index is 751. The molecule has 0 spiro atoms. The zero-order valence-electron chi connectivity index (χ0n) is 12.0. The Morgan fingerprint density at radius 3 is 3.00 bits per heavy atom. The van der Waals surface area contributed by atoms with Gasteiger partial charge in [-0.05, 0) is 33.4 Å². The van der Waals surface area contributed by atoms with Crippen molar-refractivity contribution in [2.45, 2.75) is 36.9 Å². The van der Waals surface area contributed by atoms with Gasteiger partial charge in [-0.25, -0.2) is 18.1 Å². The maximum absolute atomic E-state index is 12.6. The van der Waals surface area contributed by atoms with Gasteiger partial charge in [0, 0.05) is 23.7 Å². The SMILES string of the molecule is CC1CC(NS(=O)(=O)c2c(N)nc3sccn23)CCN1C. The molecule has 1 aliphatic rings. The van der Waals surface area contributed by atoms with Crippen molar-refractivity contribution in [2.75, 3.05) is 19.3 Å². The second kappa shape index (κ2) is 5.24. The molecule has 7 nitrogen and oxygen atoms in total. The summed E-state index contributed by atoms with van der Waals surface area (Å²) in [5.41, 5.74) is 5.79. The third-order valence-electron chi connectivity index (χ3n) is 4.03. The average molecular weight is 329 g/mol. The van der Waals surface area contributed by atoms with Gasteiger partial charge in [0.15, 0.2) is 15.8 Å². The Kier molecular flexibility index (Phi) is 3.68. The number of sulfonamides is 1. The number of piperidine rings is 1. The number of nitrogens with one attached hydrogen (secondary N) is 1. The number of imidazole rings is 1. The van der Waals surface area contributed by atoms with E-state index >= 15 is 0 Å². The van der Waals surface area contributed by atoms with E-state index < -0.39 is 10.0 Å². The number of aromatic nitrogens is 2. The fourth-order valence-corrected chi connectivity index (χ4v) is 4.99. The van der Waals surface area contributed by atoms with Gasteiger partial charge in [-0.1, -0.05) is 0 Å². The van der Waals surface area contributed by atoms with Crippen LogP contribution in [0.4, 0.5) is 5.82 Å². The number of hydrogen-bond donors (Lipinski definition) is 2. The van der Waals surface area contributed by atoms with Crippen LogP contribution in [0.5, 0.6) is 0 Å². The monoisotopic (exact) mass is 329 g/mol. The lowest BCUT2D eigenvalue weighted by atomic mass is 10.0. The van der Waals surface area contributed by atoms with E-state index in [1.807, 2.05) is 0 Å². The number of thiazole rings is 1. The highest BCUT2D eigenvalue weighted by molar-refractivity contribution is 7.89. The van der Waals surface area contributed by atoms with E-state index in [4.69, 9.17) is 5.73 Å². The van der Waals surface area contributed by atoms with Crippen LogP contribution in [-0.2, 0) is 10.0 Å². The van der Waals surface area contributed by atoms with Crippen molar-refractivity contribution < 1.29 is 8.42 Å². The third-order valence-corrected chi connectivity index (χ3v) is 6.34. The Hall–Kier alpha value is -1.16. The lowest BCUT2D eigenvalue weighted by Crippen LogP contribution is -2.47. The van der Waals surface area contributed by atoms with Crippen LogP contribution in [0.25, 0.3) is 4.96 Å². The van der Waals surface area contributed by atoms with Crippen molar-refractivity contribution in [1.82, 2.24) is 19.0 Å².